The van der Waals surface area contributed by atoms with Crippen LogP contribution in [0.4, 0.5) is 24.5 Å². The van der Waals surface area contributed by atoms with Crippen LogP contribution < -0.4 is 10.2 Å². The average molecular weight is 506 g/mol. The number of fused-ring (bicyclic) bond motifs is 1. The highest BCUT2D eigenvalue weighted by Gasteiger charge is 2.27. The van der Waals surface area contributed by atoms with Crippen molar-refractivity contribution in [1.29, 1.82) is 0 Å². The molecule has 1 aliphatic carbocycles. The molecule has 0 radical (unpaired) electrons. The molecule has 0 saturated carbocycles. The lowest BCUT2D eigenvalue weighted by Gasteiger charge is -2.17. The van der Waals surface area contributed by atoms with Crippen LogP contribution in [-0.4, -0.2) is 29.8 Å². The number of alkyl halides is 3. The number of nitrogens with zero attached hydrogens (tertiary/aromatic N) is 2. The number of aromatic nitrogens is 1. The van der Waals surface area contributed by atoms with Crippen LogP contribution in [0.25, 0.3) is 5.57 Å². The Balaban J connectivity index is 1.29. The molecule has 2 aromatic carbocycles. The van der Waals surface area contributed by atoms with Gasteiger partial charge in [0.2, 0.25) is 5.91 Å². The van der Waals surface area contributed by atoms with Gasteiger partial charge in [-0.15, -0.1) is 0 Å². The van der Waals surface area contributed by atoms with Gasteiger partial charge in [0.15, 0.2) is 6.17 Å². The summed E-state index contributed by atoms with van der Waals surface area (Å²) in [4.78, 5) is 32.0. The maximum atomic E-state index is 13.6. The van der Waals surface area contributed by atoms with Crippen molar-refractivity contribution in [1.82, 2.24) is 4.98 Å². The fourth-order valence-corrected chi connectivity index (χ4v) is 5.02. The number of halogens is 3. The van der Waals surface area contributed by atoms with E-state index in [1.165, 1.54) is 12.1 Å². The van der Waals surface area contributed by atoms with Gasteiger partial charge in [-0.1, -0.05) is 30.3 Å². The van der Waals surface area contributed by atoms with E-state index in [9.17, 15) is 22.8 Å². The standard InChI is InChI=1S/C29H26F3N3O2/c30-27(28(31)32)19-9-7-18(8-10-19)23-5-3-6-24(23)29(37)34-22-11-12-25-20(16-22)13-15-35(25)26(36)17-21-4-1-2-14-33-21/h1-2,4,7-12,14,16,27-28H,3,5-6,13,15,17H2,(H,34,37). The number of carbonyl (C=O) groups is 2. The van der Waals surface area contributed by atoms with Crippen LogP contribution >= 0.6 is 0 Å². The Hall–Kier alpha value is -3.94. The van der Waals surface area contributed by atoms with Gasteiger partial charge in [-0.05, 0) is 78.3 Å². The molecule has 1 atom stereocenters. The summed E-state index contributed by atoms with van der Waals surface area (Å²) in [5.74, 6) is -0.234. The molecule has 0 spiro atoms. The predicted octanol–water partition coefficient (Wildman–Crippen LogP) is 6.07. The first kappa shape index (κ1) is 24.7. The molecule has 1 unspecified atom stereocenters. The zero-order valence-electron chi connectivity index (χ0n) is 20.1. The second-order valence-electron chi connectivity index (χ2n) is 9.26. The minimum atomic E-state index is -3.07. The molecule has 1 aromatic heterocycles. The molecule has 190 valence electrons. The number of rotatable bonds is 7. The van der Waals surface area contributed by atoms with Crippen molar-refractivity contribution in [3.8, 4) is 0 Å². The van der Waals surface area contributed by atoms with Crippen LogP contribution in [0.2, 0.25) is 0 Å². The third-order valence-corrected chi connectivity index (χ3v) is 6.88. The number of anilines is 2. The Morgan fingerprint density at radius 2 is 1.78 bits per heavy atom. The SMILES string of the molecule is O=C(Nc1ccc2c(c1)CCN2C(=O)Cc1ccccn1)C1=C(c2ccc(C(F)C(F)F)cc2)CCC1. The van der Waals surface area contributed by atoms with Gasteiger partial charge in [0, 0.05) is 35.4 Å². The summed E-state index contributed by atoms with van der Waals surface area (Å²) in [5, 5.41) is 2.97. The number of amides is 2. The second-order valence-corrected chi connectivity index (χ2v) is 9.26. The molecule has 0 fully saturated rings. The number of hydrogen-bond acceptors (Lipinski definition) is 3. The van der Waals surface area contributed by atoms with Crippen molar-refractivity contribution < 1.29 is 22.8 Å². The van der Waals surface area contributed by atoms with Crippen LogP contribution in [0.3, 0.4) is 0 Å². The van der Waals surface area contributed by atoms with Crippen molar-refractivity contribution in [3.63, 3.8) is 0 Å². The zero-order valence-corrected chi connectivity index (χ0v) is 20.1. The first-order chi connectivity index (χ1) is 17.9. The van der Waals surface area contributed by atoms with Gasteiger partial charge < -0.3 is 10.2 Å². The molecule has 0 saturated heterocycles. The summed E-state index contributed by atoms with van der Waals surface area (Å²) in [5.41, 5.74) is 5.36. The first-order valence-corrected chi connectivity index (χ1v) is 12.3. The number of benzene rings is 2. The summed E-state index contributed by atoms with van der Waals surface area (Å²) in [6.45, 7) is 0.578. The monoisotopic (exact) mass is 505 g/mol. The average Bonchev–Trinajstić information content (AvgIpc) is 3.56. The Labute approximate surface area is 213 Å². The summed E-state index contributed by atoms with van der Waals surface area (Å²) >= 11 is 0. The molecule has 2 heterocycles. The summed E-state index contributed by atoms with van der Waals surface area (Å²) in [6, 6.07) is 17.0. The Kier molecular flexibility index (Phi) is 7.08. The van der Waals surface area contributed by atoms with Crippen molar-refractivity contribution in [2.45, 2.75) is 44.7 Å². The van der Waals surface area contributed by atoms with Gasteiger partial charge in [0.25, 0.3) is 12.3 Å². The third-order valence-electron chi connectivity index (χ3n) is 6.88. The Bertz CT molecular complexity index is 1340. The maximum absolute atomic E-state index is 13.6. The smallest absolute Gasteiger partial charge is 0.273 e. The van der Waals surface area contributed by atoms with E-state index >= 15 is 0 Å². The Morgan fingerprint density at radius 1 is 0.973 bits per heavy atom. The van der Waals surface area contributed by atoms with Crippen LogP contribution in [0.5, 0.6) is 0 Å². The number of carbonyl (C=O) groups excluding carboxylic acids is 2. The van der Waals surface area contributed by atoms with E-state index < -0.39 is 12.6 Å². The molecule has 8 heteroatoms. The van der Waals surface area contributed by atoms with E-state index in [4.69, 9.17) is 0 Å². The minimum Gasteiger partial charge on any atom is -0.322 e. The van der Waals surface area contributed by atoms with Crippen LogP contribution in [-0.2, 0) is 22.4 Å². The predicted molar refractivity (Wildman–Crippen MR) is 136 cm³/mol. The fourth-order valence-electron chi connectivity index (χ4n) is 5.02. The van der Waals surface area contributed by atoms with Gasteiger partial charge in [-0.2, -0.15) is 0 Å². The van der Waals surface area contributed by atoms with E-state index in [0.29, 0.717) is 37.1 Å². The molecular formula is C29H26F3N3O2. The molecule has 1 N–H and O–H groups in total. The molecule has 2 amide bonds. The molecule has 2 aliphatic rings. The van der Waals surface area contributed by atoms with Gasteiger partial charge in [0.1, 0.15) is 0 Å². The second kappa shape index (κ2) is 10.6. The van der Waals surface area contributed by atoms with E-state index in [1.54, 1.807) is 29.3 Å². The van der Waals surface area contributed by atoms with E-state index in [2.05, 4.69) is 10.3 Å². The fraction of sp³-hybridized carbons (Fsp3) is 0.276. The topological polar surface area (TPSA) is 62.3 Å². The number of allylic oxidation sites excluding steroid dienone is 1. The quantitative estimate of drug-likeness (QED) is 0.424. The van der Waals surface area contributed by atoms with Crippen molar-refractivity contribution >= 4 is 28.8 Å². The number of hydrogen-bond donors (Lipinski definition) is 1. The van der Waals surface area contributed by atoms with E-state index in [0.717, 1.165) is 34.5 Å². The maximum Gasteiger partial charge on any atom is 0.273 e. The molecule has 37 heavy (non-hydrogen) atoms. The van der Waals surface area contributed by atoms with Crippen molar-refractivity contribution in [3.05, 3.63) is 94.8 Å². The normalized spacial score (nSPS) is 15.7. The first-order valence-electron chi connectivity index (χ1n) is 12.3. The number of nitrogens with one attached hydrogen (secondary N) is 1. The van der Waals surface area contributed by atoms with Crippen molar-refractivity contribution in [2.75, 3.05) is 16.8 Å². The van der Waals surface area contributed by atoms with E-state index in [1.807, 2.05) is 30.3 Å². The highest BCUT2D eigenvalue weighted by Crippen LogP contribution is 2.36. The lowest BCUT2D eigenvalue weighted by molar-refractivity contribution is -0.118. The lowest BCUT2D eigenvalue weighted by atomic mass is 9.99. The highest BCUT2D eigenvalue weighted by atomic mass is 19.3. The molecule has 5 rings (SSSR count). The van der Waals surface area contributed by atoms with Crippen LogP contribution in [0.1, 0.15) is 47.8 Å². The molecular weight excluding hydrogens is 479 g/mol. The van der Waals surface area contributed by atoms with Gasteiger partial charge >= 0.3 is 0 Å². The van der Waals surface area contributed by atoms with Crippen molar-refractivity contribution in [2.24, 2.45) is 0 Å². The Morgan fingerprint density at radius 3 is 2.51 bits per heavy atom. The lowest BCUT2D eigenvalue weighted by Crippen LogP contribution is -2.30. The summed E-state index contributed by atoms with van der Waals surface area (Å²) in [7, 11) is 0. The van der Waals surface area contributed by atoms with Crippen LogP contribution in [0.15, 0.2) is 72.4 Å². The molecule has 5 nitrogen and oxygen atoms in total. The molecule has 1 aliphatic heterocycles. The van der Waals surface area contributed by atoms with E-state index in [-0.39, 0.29) is 23.8 Å². The van der Waals surface area contributed by atoms with Crippen LogP contribution in [0, 0.1) is 0 Å². The van der Waals surface area contributed by atoms with Gasteiger partial charge in [-0.25, -0.2) is 13.2 Å². The third kappa shape index (κ3) is 5.28. The summed E-state index contributed by atoms with van der Waals surface area (Å²) < 4.78 is 39.0. The molecule has 3 aromatic rings. The number of pyridine rings is 1. The minimum absolute atomic E-state index is 0.0198. The highest BCUT2D eigenvalue weighted by molar-refractivity contribution is 6.09. The van der Waals surface area contributed by atoms with Gasteiger partial charge in [-0.3, -0.25) is 14.6 Å². The van der Waals surface area contributed by atoms with Gasteiger partial charge in [0.05, 0.1) is 6.42 Å². The largest absolute Gasteiger partial charge is 0.322 e. The zero-order chi connectivity index (χ0) is 25.9. The summed E-state index contributed by atoms with van der Waals surface area (Å²) in [6.07, 6.45) is -0.707. The molecule has 0 bridgehead atoms.